The maximum atomic E-state index is 3.90. The van der Waals surface area contributed by atoms with Gasteiger partial charge in [-0.25, -0.2) is 0 Å². The van der Waals surface area contributed by atoms with Gasteiger partial charge in [-0.2, -0.15) is 0 Å². The van der Waals surface area contributed by atoms with Crippen LogP contribution in [0.2, 0.25) is 0 Å². The summed E-state index contributed by atoms with van der Waals surface area (Å²) in [6.07, 6.45) is -0.204. The second-order valence-corrected chi connectivity index (χ2v) is 3.39. The van der Waals surface area contributed by atoms with E-state index in [9.17, 15) is 0 Å². The van der Waals surface area contributed by atoms with Gasteiger partial charge in [-0.05, 0) is 38.1 Å². The monoisotopic (exact) mass is 169 g/mol. The summed E-state index contributed by atoms with van der Waals surface area (Å²) in [5.41, 5.74) is 0. The lowest BCUT2D eigenvalue weighted by Crippen LogP contribution is -2.42. The largest absolute Gasteiger partial charge is 0.256 e. The molecule has 1 heterocycles. The fourth-order valence-electron chi connectivity index (χ4n) is 1.41. The van der Waals surface area contributed by atoms with E-state index in [4.69, 9.17) is 0 Å². The zero-order valence-electron chi connectivity index (χ0n) is 7.97. The molecular weight excluding hydrogens is 154 g/mol. The molecule has 12 heavy (non-hydrogen) atoms. The zero-order chi connectivity index (χ0) is 9.14. The predicted octanol–water partition coefficient (Wildman–Crippen LogP) is 2.22. The third kappa shape index (κ3) is 1.85. The van der Waals surface area contributed by atoms with Crippen LogP contribution in [0.5, 0.6) is 0 Å². The van der Waals surface area contributed by atoms with E-state index >= 15 is 0 Å². The maximum Gasteiger partial charge on any atom is 0.240 e. The highest BCUT2D eigenvalue weighted by Gasteiger charge is 2.24. The minimum Gasteiger partial charge on any atom is -0.256 e. The van der Waals surface area contributed by atoms with E-state index in [-0.39, 0.29) is 6.29 Å². The molecule has 0 aromatic heterocycles. The first-order valence-corrected chi connectivity index (χ1v) is 4.20. The topological polar surface area (TPSA) is 52.7 Å². The molecule has 0 saturated heterocycles. The molecular formula is C7H15N5. The molecule has 0 N–H and O–H groups in total. The molecule has 1 aliphatic rings. The Bertz CT molecular complexity index is 176. The first kappa shape index (κ1) is 9.25. The van der Waals surface area contributed by atoms with Gasteiger partial charge in [0.25, 0.3) is 0 Å². The van der Waals surface area contributed by atoms with E-state index in [1.54, 1.807) is 0 Å². The first-order chi connectivity index (χ1) is 5.63. The van der Waals surface area contributed by atoms with Crippen LogP contribution in [0.15, 0.2) is 20.7 Å². The van der Waals surface area contributed by atoms with Crippen molar-refractivity contribution in [2.75, 3.05) is 0 Å². The summed E-state index contributed by atoms with van der Waals surface area (Å²) in [5.74, 6) is 0. The van der Waals surface area contributed by atoms with E-state index < -0.39 is 0 Å². The minimum atomic E-state index is -0.204. The summed E-state index contributed by atoms with van der Waals surface area (Å²) in [5, 5.41) is 14.8. The van der Waals surface area contributed by atoms with Crippen molar-refractivity contribution < 1.29 is 0 Å². The zero-order valence-corrected chi connectivity index (χ0v) is 7.97. The van der Waals surface area contributed by atoms with Gasteiger partial charge in [0.2, 0.25) is 6.29 Å². The molecule has 0 aromatic rings. The molecule has 0 saturated carbocycles. The second-order valence-electron chi connectivity index (χ2n) is 3.39. The number of nitrogens with zero attached hydrogens (tertiary/aromatic N) is 5. The molecule has 0 spiro atoms. The average molecular weight is 169 g/mol. The van der Waals surface area contributed by atoms with E-state index in [1.165, 1.54) is 0 Å². The van der Waals surface area contributed by atoms with Crippen LogP contribution >= 0.6 is 0 Å². The summed E-state index contributed by atoms with van der Waals surface area (Å²) in [6, 6.07) is 0.817. The number of hydrogen-bond acceptors (Lipinski definition) is 5. The highest BCUT2D eigenvalue weighted by molar-refractivity contribution is 4.73. The Labute approximate surface area is 72.5 Å². The quantitative estimate of drug-likeness (QED) is 0.639. The fraction of sp³-hybridized carbons (Fsp3) is 1.00. The fourth-order valence-corrected chi connectivity index (χ4v) is 1.41. The summed E-state index contributed by atoms with van der Waals surface area (Å²) >= 11 is 0. The second kappa shape index (κ2) is 3.71. The summed E-state index contributed by atoms with van der Waals surface area (Å²) in [6.45, 7) is 8.46. The van der Waals surface area contributed by atoms with Crippen LogP contribution in [0.3, 0.4) is 0 Å². The van der Waals surface area contributed by atoms with Crippen LogP contribution in [-0.2, 0) is 0 Å². The summed E-state index contributed by atoms with van der Waals surface area (Å²) in [7, 11) is 0. The van der Waals surface area contributed by atoms with Crippen molar-refractivity contribution in [3.05, 3.63) is 0 Å². The molecule has 0 atom stereocenters. The third-order valence-corrected chi connectivity index (χ3v) is 1.81. The van der Waals surface area contributed by atoms with E-state index in [0.717, 1.165) is 0 Å². The van der Waals surface area contributed by atoms with Gasteiger partial charge in [0, 0.05) is 12.1 Å². The smallest absolute Gasteiger partial charge is 0.240 e. The van der Waals surface area contributed by atoms with Gasteiger partial charge in [-0.3, -0.25) is 4.90 Å². The highest BCUT2D eigenvalue weighted by Crippen LogP contribution is 2.16. The van der Waals surface area contributed by atoms with Crippen molar-refractivity contribution in [3.8, 4) is 0 Å². The van der Waals surface area contributed by atoms with Crippen LogP contribution in [-0.4, -0.2) is 23.3 Å². The van der Waals surface area contributed by atoms with Crippen molar-refractivity contribution >= 4 is 0 Å². The lowest BCUT2D eigenvalue weighted by atomic mass is 10.2. The Morgan fingerprint density at radius 1 is 0.917 bits per heavy atom. The van der Waals surface area contributed by atoms with Crippen molar-refractivity contribution in [1.29, 1.82) is 0 Å². The van der Waals surface area contributed by atoms with Crippen molar-refractivity contribution in [2.45, 2.75) is 46.1 Å². The van der Waals surface area contributed by atoms with Gasteiger partial charge in [0.1, 0.15) is 0 Å². The van der Waals surface area contributed by atoms with Crippen LogP contribution in [0, 0.1) is 0 Å². The molecule has 5 heteroatoms. The Kier molecular flexibility index (Phi) is 2.86. The molecule has 0 aromatic carbocycles. The molecule has 5 nitrogen and oxygen atoms in total. The van der Waals surface area contributed by atoms with Crippen LogP contribution in [0.1, 0.15) is 27.7 Å². The van der Waals surface area contributed by atoms with Crippen LogP contribution in [0.25, 0.3) is 0 Å². The van der Waals surface area contributed by atoms with Crippen molar-refractivity contribution in [3.63, 3.8) is 0 Å². The van der Waals surface area contributed by atoms with Crippen molar-refractivity contribution in [2.24, 2.45) is 20.7 Å². The molecule has 0 aliphatic carbocycles. The Morgan fingerprint density at radius 3 is 1.67 bits per heavy atom. The van der Waals surface area contributed by atoms with Crippen LogP contribution in [0.4, 0.5) is 0 Å². The van der Waals surface area contributed by atoms with E-state index in [1.807, 2.05) is 0 Å². The molecule has 0 unspecified atom stereocenters. The van der Waals surface area contributed by atoms with Gasteiger partial charge in [-0.15, -0.1) is 10.2 Å². The van der Waals surface area contributed by atoms with E-state index in [0.29, 0.717) is 12.1 Å². The third-order valence-electron chi connectivity index (χ3n) is 1.81. The Morgan fingerprint density at radius 2 is 1.33 bits per heavy atom. The van der Waals surface area contributed by atoms with Gasteiger partial charge in [-0.1, -0.05) is 0 Å². The molecule has 1 rings (SSSR count). The lowest BCUT2D eigenvalue weighted by molar-refractivity contribution is 0.120. The average Bonchev–Trinajstić information content (AvgIpc) is 2.37. The predicted molar refractivity (Wildman–Crippen MR) is 45.6 cm³/mol. The summed E-state index contributed by atoms with van der Waals surface area (Å²) < 4.78 is 0. The van der Waals surface area contributed by atoms with Crippen molar-refractivity contribution in [1.82, 2.24) is 4.90 Å². The Hall–Kier alpha value is -0.840. The molecule has 1 aliphatic heterocycles. The minimum absolute atomic E-state index is 0.204. The SMILES string of the molecule is CC(C)N(C(C)C)C1N=NN=N1. The molecule has 0 fully saturated rings. The molecule has 0 radical (unpaired) electrons. The number of rotatable bonds is 3. The van der Waals surface area contributed by atoms with Gasteiger partial charge >= 0.3 is 0 Å². The van der Waals surface area contributed by atoms with E-state index in [2.05, 4.69) is 53.3 Å². The van der Waals surface area contributed by atoms with Gasteiger partial charge in [0.05, 0.1) is 0 Å². The first-order valence-electron chi connectivity index (χ1n) is 4.20. The molecule has 68 valence electrons. The normalized spacial score (nSPS) is 17.6. The van der Waals surface area contributed by atoms with Crippen LogP contribution < -0.4 is 0 Å². The number of hydrogen-bond donors (Lipinski definition) is 0. The van der Waals surface area contributed by atoms with Gasteiger partial charge in [0.15, 0.2) is 0 Å². The molecule has 0 bridgehead atoms. The maximum absolute atomic E-state index is 3.90. The highest BCUT2D eigenvalue weighted by atomic mass is 15.6. The lowest BCUT2D eigenvalue weighted by Gasteiger charge is -2.30. The standard InChI is InChI=1S/C7H15N5/c1-5(2)12(6(3)4)7-8-10-11-9-7/h5-7H,1-4H3. The van der Waals surface area contributed by atoms with Gasteiger partial charge < -0.3 is 0 Å². The molecule has 0 amide bonds. The summed E-state index contributed by atoms with van der Waals surface area (Å²) in [4.78, 5) is 2.15. The Balaban J connectivity index is 2.65.